The van der Waals surface area contributed by atoms with Gasteiger partial charge in [0.15, 0.2) is 0 Å². The van der Waals surface area contributed by atoms with Crippen molar-refractivity contribution in [2.24, 2.45) is 0 Å². The standard InChI is InChI=1S/C11H14N2O2S3/c1-8-4-5-9(17-8)18(14,15)13-11(2,3)10-12-6-7-16-10/h4-7,13H,1-3H3. The summed E-state index contributed by atoms with van der Waals surface area (Å²) in [5, 5.41) is 2.58. The third kappa shape index (κ3) is 2.80. The Morgan fingerprint density at radius 1 is 1.33 bits per heavy atom. The van der Waals surface area contributed by atoms with Gasteiger partial charge in [-0.25, -0.2) is 13.4 Å². The van der Waals surface area contributed by atoms with Crippen LogP contribution in [0.3, 0.4) is 0 Å². The van der Waals surface area contributed by atoms with Crippen molar-refractivity contribution in [2.45, 2.75) is 30.5 Å². The Morgan fingerprint density at radius 2 is 2.06 bits per heavy atom. The van der Waals surface area contributed by atoms with Gasteiger partial charge in [0, 0.05) is 16.5 Å². The van der Waals surface area contributed by atoms with Gasteiger partial charge in [0.2, 0.25) is 0 Å². The van der Waals surface area contributed by atoms with Crippen LogP contribution >= 0.6 is 22.7 Å². The number of rotatable bonds is 4. The Bertz CT molecular complexity index is 627. The molecule has 4 nitrogen and oxygen atoms in total. The van der Waals surface area contributed by atoms with E-state index in [2.05, 4.69) is 9.71 Å². The van der Waals surface area contributed by atoms with Crippen molar-refractivity contribution >= 4 is 32.7 Å². The first-order valence-corrected chi connectivity index (χ1v) is 8.49. The quantitative estimate of drug-likeness (QED) is 0.944. The summed E-state index contributed by atoms with van der Waals surface area (Å²) in [6.45, 7) is 5.50. The van der Waals surface area contributed by atoms with Gasteiger partial charge in [-0.3, -0.25) is 0 Å². The Labute approximate surface area is 115 Å². The lowest BCUT2D eigenvalue weighted by molar-refractivity contribution is 0.471. The van der Waals surface area contributed by atoms with Gasteiger partial charge in [0.25, 0.3) is 10.0 Å². The minimum Gasteiger partial charge on any atom is -0.248 e. The minimum atomic E-state index is -3.49. The Hall–Kier alpha value is -0.760. The molecular formula is C11H14N2O2S3. The molecule has 0 radical (unpaired) electrons. The Morgan fingerprint density at radius 3 is 2.56 bits per heavy atom. The molecular weight excluding hydrogens is 288 g/mol. The van der Waals surface area contributed by atoms with Crippen LogP contribution in [0.2, 0.25) is 0 Å². The van der Waals surface area contributed by atoms with Crippen LogP contribution in [0.1, 0.15) is 23.7 Å². The van der Waals surface area contributed by atoms with Crippen molar-refractivity contribution in [1.82, 2.24) is 9.71 Å². The number of aromatic nitrogens is 1. The lowest BCUT2D eigenvalue weighted by Gasteiger charge is -2.22. The van der Waals surface area contributed by atoms with Gasteiger partial charge in [0.05, 0.1) is 5.54 Å². The monoisotopic (exact) mass is 302 g/mol. The summed E-state index contributed by atoms with van der Waals surface area (Å²) in [4.78, 5) is 5.14. The molecule has 2 aromatic heterocycles. The maximum absolute atomic E-state index is 12.2. The first-order valence-electron chi connectivity index (χ1n) is 5.32. The zero-order valence-corrected chi connectivity index (χ0v) is 12.7. The van der Waals surface area contributed by atoms with Crippen LogP contribution in [-0.4, -0.2) is 13.4 Å². The van der Waals surface area contributed by atoms with E-state index in [1.165, 1.54) is 22.7 Å². The van der Waals surface area contributed by atoms with E-state index in [0.29, 0.717) is 4.21 Å². The van der Waals surface area contributed by atoms with Crippen molar-refractivity contribution in [1.29, 1.82) is 0 Å². The van der Waals surface area contributed by atoms with Crippen molar-refractivity contribution < 1.29 is 8.42 Å². The van der Waals surface area contributed by atoms with Crippen LogP contribution in [0.15, 0.2) is 27.9 Å². The zero-order valence-electron chi connectivity index (χ0n) is 10.3. The largest absolute Gasteiger partial charge is 0.250 e. The van der Waals surface area contributed by atoms with Crippen molar-refractivity contribution in [3.8, 4) is 0 Å². The molecule has 0 saturated heterocycles. The first-order chi connectivity index (χ1) is 8.31. The van der Waals surface area contributed by atoms with Crippen LogP contribution in [0, 0.1) is 6.92 Å². The molecule has 0 aliphatic rings. The van der Waals surface area contributed by atoms with Gasteiger partial charge in [0.1, 0.15) is 9.22 Å². The fraction of sp³-hybridized carbons (Fsp3) is 0.364. The molecule has 0 atom stereocenters. The van der Waals surface area contributed by atoms with Gasteiger partial charge in [-0.2, -0.15) is 4.72 Å². The van der Waals surface area contributed by atoms with Gasteiger partial charge in [-0.1, -0.05) is 0 Å². The van der Waals surface area contributed by atoms with E-state index in [0.717, 1.165) is 9.88 Å². The summed E-state index contributed by atoms with van der Waals surface area (Å²) in [5.41, 5.74) is -0.703. The maximum atomic E-state index is 12.2. The number of sulfonamides is 1. The predicted octanol–water partition coefficient (Wildman–Crippen LogP) is 2.73. The summed E-state index contributed by atoms with van der Waals surface area (Å²) in [7, 11) is -3.49. The number of nitrogens with zero attached hydrogens (tertiary/aromatic N) is 1. The number of aryl methyl sites for hydroxylation is 1. The number of hydrogen-bond acceptors (Lipinski definition) is 5. The molecule has 0 bridgehead atoms. The summed E-state index contributed by atoms with van der Waals surface area (Å²) < 4.78 is 27.5. The third-order valence-electron chi connectivity index (χ3n) is 2.34. The summed E-state index contributed by atoms with van der Waals surface area (Å²) in [5.74, 6) is 0. The summed E-state index contributed by atoms with van der Waals surface area (Å²) in [6.07, 6.45) is 1.67. The molecule has 98 valence electrons. The molecule has 18 heavy (non-hydrogen) atoms. The fourth-order valence-corrected chi connectivity index (χ4v) is 4.97. The lowest BCUT2D eigenvalue weighted by atomic mass is 10.1. The Balaban J connectivity index is 2.29. The first kappa shape index (κ1) is 13.7. The summed E-state index contributed by atoms with van der Waals surface area (Å²) in [6, 6.07) is 3.43. The molecule has 2 heterocycles. The normalized spacial score (nSPS) is 12.8. The van der Waals surface area contributed by atoms with Crippen molar-refractivity contribution in [3.05, 3.63) is 33.6 Å². The number of nitrogens with one attached hydrogen (secondary N) is 1. The topological polar surface area (TPSA) is 59.1 Å². The molecule has 7 heteroatoms. The molecule has 2 rings (SSSR count). The number of thiophene rings is 1. The number of thiazole rings is 1. The molecule has 0 amide bonds. The highest BCUT2D eigenvalue weighted by atomic mass is 32.2. The van der Waals surface area contributed by atoms with E-state index >= 15 is 0 Å². The predicted molar refractivity (Wildman–Crippen MR) is 74.5 cm³/mol. The molecule has 0 aliphatic heterocycles. The molecule has 0 aliphatic carbocycles. The van der Waals surface area contributed by atoms with E-state index in [1.807, 2.05) is 26.2 Å². The van der Waals surface area contributed by atoms with Crippen LogP contribution in [-0.2, 0) is 15.6 Å². The molecule has 0 unspecified atom stereocenters. The second kappa shape index (κ2) is 4.73. The third-order valence-corrected chi connectivity index (χ3v) is 6.58. The lowest BCUT2D eigenvalue weighted by Crippen LogP contribution is -2.40. The fourth-order valence-electron chi connectivity index (χ4n) is 1.52. The van der Waals surface area contributed by atoms with Crippen LogP contribution in [0.5, 0.6) is 0 Å². The molecule has 2 aromatic rings. The SMILES string of the molecule is Cc1ccc(S(=O)(=O)NC(C)(C)c2nccs2)s1. The van der Waals surface area contributed by atoms with E-state index < -0.39 is 15.6 Å². The van der Waals surface area contributed by atoms with Gasteiger partial charge in [-0.15, -0.1) is 22.7 Å². The highest BCUT2D eigenvalue weighted by Gasteiger charge is 2.30. The molecule has 0 saturated carbocycles. The average Bonchev–Trinajstić information content (AvgIpc) is 2.84. The molecule has 0 fully saturated rings. The molecule has 1 N–H and O–H groups in total. The highest BCUT2D eigenvalue weighted by Crippen LogP contribution is 2.27. The van der Waals surface area contributed by atoms with Gasteiger partial charge < -0.3 is 0 Å². The average molecular weight is 302 g/mol. The highest BCUT2D eigenvalue weighted by molar-refractivity contribution is 7.91. The summed E-state index contributed by atoms with van der Waals surface area (Å²) >= 11 is 2.70. The van der Waals surface area contributed by atoms with E-state index in [1.54, 1.807) is 18.3 Å². The van der Waals surface area contributed by atoms with E-state index in [4.69, 9.17) is 0 Å². The molecule has 0 spiro atoms. The second-order valence-electron chi connectivity index (χ2n) is 4.43. The van der Waals surface area contributed by atoms with Crippen LogP contribution in [0.4, 0.5) is 0 Å². The molecule has 0 aromatic carbocycles. The van der Waals surface area contributed by atoms with Crippen LogP contribution in [0.25, 0.3) is 0 Å². The van der Waals surface area contributed by atoms with E-state index in [9.17, 15) is 8.42 Å². The van der Waals surface area contributed by atoms with Crippen molar-refractivity contribution in [2.75, 3.05) is 0 Å². The van der Waals surface area contributed by atoms with Crippen molar-refractivity contribution in [3.63, 3.8) is 0 Å². The van der Waals surface area contributed by atoms with Gasteiger partial charge >= 0.3 is 0 Å². The minimum absolute atomic E-state index is 0.338. The number of hydrogen-bond donors (Lipinski definition) is 1. The smallest absolute Gasteiger partial charge is 0.248 e. The van der Waals surface area contributed by atoms with E-state index in [-0.39, 0.29) is 0 Å². The van der Waals surface area contributed by atoms with Gasteiger partial charge in [-0.05, 0) is 32.9 Å². The maximum Gasteiger partial charge on any atom is 0.250 e. The Kier molecular flexibility index (Phi) is 3.59. The second-order valence-corrected chi connectivity index (χ2v) is 8.52. The van der Waals surface area contributed by atoms with Crippen LogP contribution < -0.4 is 4.72 Å². The zero-order chi connectivity index (χ0) is 13.4.